The quantitative estimate of drug-likeness (QED) is 0.440. The molecule has 0 saturated carbocycles. The van der Waals surface area contributed by atoms with Gasteiger partial charge in [0.2, 0.25) is 0 Å². The van der Waals surface area contributed by atoms with Gasteiger partial charge in [-0.3, -0.25) is 9.69 Å². The molecular formula is C27H26F3NO3. The predicted molar refractivity (Wildman–Crippen MR) is 122 cm³/mol. The molecule has 1 aliphatic heterocycles. The lowest BCUT2D eigenvalue weighted by molar-refractivity contribution is -0.145. The Morgan fingerprint density at radius 2 is 1.68 bits per heavy atom. The van der Waals surface area contributed by atoms with Crippen LogP contribution in [0.3, 0.4) is 0 Å². The molecule has 4 nitrogen and oxygen atoms in total. The number of benzene rings is 3. The highest BCUT2D eigenvalue weighted by Crippen LogP contribution is 2.38. The van der Waals surface area contributed by atoms with E-state index in [9.17, 15) is 23.1 Å². The van der Waals surface area contributed by atoms with Crippen LogP contribution in [-0.2, 0) is 17.6 Å². The fraction of sp³-hybridized carbons (Fsp3) is 0.296. The standard InChI is InChI=1S/C27H26F3NO3/c28-27(29,30)22-12-6-10-20(16-22)25(31-15-5-4-14-24(31)26(32)33)21-11-7-13-23(17-21)34-18-19-8-2-1-3-9-19/h1-3,6-13,16-17,24-25H,4-5,14-15,18H2,(H,32,33). The summed E-state index contributed by atoms with van der Waals surface area (Å²) in [7, 11) is 0. The molecule has 2 atom stereocenters. The number of carboxylic acids is 1. The van der Waals surface area contributed by atoms with E-state index in [4.69, 9.17) is 4.74 Å². The van der Waals surface area contributed by atoms with Gasteiger partial charge in [-0.15, -0.1) is 0 Å². The number of rotatable bonds is 7. The van der Waals surface area contributed by atoms with E-state index < -0.39 is 29.8 Å². The number of carboxylic acid groups (broad SMARTS) is 1. The first kappa shape index (κ1) is 23.8. The predicted octanol–water partition coefficient (Wildman–Crippen LogP) is 6.31. The minimum absolute atomic E-state index is 0.347. The lowest BCUT2D eigenvalue weighted by Gasteiger charge is -2.40. The SMILES string of the molecule is O=C(O)C1CCCCN1C(c1cccc(OCc2ccccc2)c1)c1cccc(C(F)(F)F)c1. The molecule has 1 aliphatic rings. The number of ether oxygens (including phenoxy) is 1. The molecule has 0 radical (unpaired) electrons. The van der Waals surface area contributed by atoms with Gasteiger partial charge in [0, 0.05) is 0 Å². The van der Waals surface area contributed by atoms with Crippen LogP contribution in [0.25, 0.3) is 0 Å². The fourth-order valence-corrected chi connectivity index (χ4v) is 4.50. The molecule has 0 spiro atoms. The summed E-state index contributed by atoms with van der Waals surface area (Å²) in [6, 6.07) is 20.6. The van der Waals surface area contributed by atoms with Crippen molar-refractivity contribution >= 4 is 5.97 Å². The van der Waals surface area contributed by atoms with Gasteiger partial charge in [-0.05, 0) is 60.3 Å². The maximum Gasteiger partial charge on any atom is 0.416 e. The lowest BCUT2D eigenvalue weighted by Crippen LogP contribution is -2.46. The molecule has 3 aromatic carbocycles. The molecule has 0 amide bonds. The summed E-state index contributed by atoms with van der Waals surface area (Å²) in [5.41, 5.74) is 1.33. The van der Waals surface area contributed by atoms with Gasteiger partial charge < -0.3 is 9.84 Å². The minimum Gasteiger partial charge on any atom is -0.489 e. The van der Waals surface area contributed by atoms with Gasteiger partial charge in [-0.1, -0.05) is 61.0 Å². The molecule has 34 heavy (non-hydrogen) atoms. The Bertz CT molecular complexity index is 1120. The number of hydrogen-bond acceptors (Lipinski definition) is 3. The van der Waals surface area contributed by atoms with Gasteiger partial charge >= 0.3 is 12.1 Å². The molecule has 0 aromatic heterocycles. The third-order valence-electron chi connectivity index (χ3n) is 6.11. The van der Waals surface area contributed by atoms with Gasteiger partial charge in [0.1, 0.15) is 18.4 Å². The number of carbonyl (C=O) groups is 1. The first-order valence-electron chi connectivity index (χ1n) is 11.3. The molecule has 1 heterocycles. The summed E-state index contributed by atoms with van der Waals surface area (Å²) in [5, 5.41) is 9.85. The molecule has 1 fully saturated rings. The zero-order valence-corrected chi connectivity index (χ0v) is 18.5. The number of aliphatic carboxylic acids is 1. The Labute approximate surface area is 196 Å². The highest BCUT2D eigenvalue weighted by atomic mass is 19.4. The van der Waals surface area contributed by atoms with E-state index in [1.165, 1.54) is 6.07 Å². The van der Waals surface area contributed by atoms with Gasteiger partial charge in [0.25, 0.3) is 0 Å². The molecule has 0 aliphatic carbocycles. The van der Waals surface area contributed by atoms with Gasteiger partial charge in [-0.25, -0.2) is 0 Å². The smallest absolute Gasteiger partial charge is 0.416 e. The van der Waals surface area contributed by atoms with E-state index in [2.05, 4.69) is 0 Å². The van der Waals surface area contributed by atoms with E-state index in [0.717, 1.165) is 30.5 Å². The Kier molecular flexibility index (Phi) is 7.22. The van der Waals surface area contributed by atoms with Crippen molar-refractivity contribution in [1.29, 1.82) is 0 Å². The second-order valence-corrected chi connectivity index (χ2v) is 8.46. The van der Waals surface area contributed by atoms with E-state index in [0.29, 0.717) is 36.4 Å². The summed E-state index contributed by atoms with van der Waals surface area (Å²) < 4.78 is 46.4. The van der Waals surface area contributed by atoms with Crippen molar-refractivity contribution in [2.24, 2.45) is 0 Å². The Balaban J connectivity index is 1.72. The molecule has 0 bridgehead atoms. The van der Waals surface area contributed by atoms with Crippen LogP contribution in [0.1, 0.15) is 47.6 Å². The van der Waals surface area contributed by atoms with Crippen LogP contribution in [0.5, 0.6) is 5.75 Å². The fourth-order valence-electron chi connectivity index (χ4n) is 4.50. The van der Waals surface area contributed by atoms with Crippen LogP contribution in [0.2, 0.25) is 0 Å². The second kappa shape index (κ2) is 10.3. The number of halogens is 3. The van der Waals surface area contributed by atoms with Crippen molar-refractivity contribution in [3.05, 3.63) is 101 Å². The summed E-state index contributed by atoms with van der Waals surface area (Å²) in [4.78, 5) is 13.8. The van der Waals surface area contributed by atoms with Crippen LogP contribution in [0.15, 0.2) is 78.9 Å². The van der Waals surface area contributed by atoms with Crippen LogP contribution < -0.4 is 4.74 Å². The molecule has 3 aromatic rings. The lowest BCUT2D eigenvalue weighted by atomic mass is 9.91. The molecule has 2 unspecified atom stereocenters. The number of nitrogens with zero attached hydrogens (tertiary/aromatic N) is 1. The van der Waals surface area contributed by atoms with Crippen LogP contribution in [0.4, 0.5) is 13.2 Å². The Hall–Kier alpha value is -3.32. The largest absolute Gasteiger partial charge is 0.489 e. The molecule has 4 rings (SSSR count). The Morgan fingerprint density at radius 1 is 0.971 bits per heavy atom. The summed E-state index contributed by atoms with van der Waals surface area (Å²) >= 11 is 0. The molecule has 7 heteroatoms. The van der Waals surface area contributed by atoms with Gasteiger partial charge in [0.05, 0.1) is 11.6 Å². The average molecular weight is 470 g/mol. The van der Waals surface area contributed by atoms with Gasteiger partial charge in [0.15, 0.2) is 0 Å². The summed E-state index contributed by atoms with van der Waals surface area (Å²) in [6.45, 7) is 0.826. The molecule has 1 N–H and O–H groups in total. The van der Waals surface area contributed by atoms with Crippen molar-refractivity contribution in [3.63, 3.8) is 0 Å². The zero-order valence-electron chi connectivity index (χ0n) is 18.5. The highest BCUT2D eigenvalue weighted by molar-refractivity contribution is 5.73. The maximum absolute atomic E-state index is 13.5. The van der Waals surface area contributed by atoms with Crippen molar-refractivity contribution < 1.29 is 27.8 Å². The third kappa shape index (κ3) is 5.59. The number of alkyl halides is 3. The van der Waals surface area contributed by atoms with Crippen molar-refractivity contribution in [3.8, 4) is 5.75 Å². The van der Waals surface area contributed by atoms with Crippen molar-refractivity contribution in [2.45, 2.75) is 44.1 Å². The minimum atomic E-state index is -4.49. The summed E-state index contributed by atoms with van der Waals surface area (Å²) in [6.07, 6.45) is -2.49. The third-order valence-corrected chi connectivity index (χ3v) is 6.11. The molecule has 178 valence electrons. The van der Waals surface area contributed by atoms with Crippen LogP contribution in [0, 0.1) is 0 Å². The number of likely N-dealkylation sites (tertiary alicyclic amines) is 1. The van der Waals surface area contributed by atoms with Crippen LogP contribution in [-0.4, -0.2) is 28.6 Å². The monoisotopic (exact) mass is 469 g/mol. The van der Waals surface area contributed by atoms with Crippen molar-refractivity contribution in [1.82, 2.24) is 4.90 Å². The topological polar surface area (TPSA) is 49.8 Å². The van der Waals surface area contributed by atoms with Crippen LogP contribution >= 0.6 is 0 Å². The van der Waals surface area contributed by atoms with Gasteiger partial charge in [-0.2, -0.15) is 13.2 Å². The highest BCUT2D eigenvalue weighted by Gasteiger charge is 2.37. The second-order valence-electron chi connectivity index (χ2n) is 8.46. The molecular weight excluding hydrogens is 443 g/mol. The first-order valence-corrected chi connectivity index (χ1v) is 11.3. The molecule has 1 saturated heterocycles. The average Bonchev–Trinajstić information content (AvgIpc) is 2.84. The summed E-state index contributed by atoms with van der Waals surface area (Å²) in [5.74, 6) is -0.393. The zero-order chi connectivity index (χ0) is 24.1. The number of piperidine rings is 1. The maximum atomic E-state index is 13.5. The Morgan fingerprint density at radius 3 is 2.38 bits per heavy atom. The normalized spacial score (nSPS) is 17.8. The van der Waals surface area contributed by atoms with Crippen molar-refractivity contribution in [2.75, 3.05) is 6.54 Å². The van der Waals surface area contributed by atoms with E-state index in [-0.39, 0.29) is 0 Å². The van der Waals surface area contributed by atoms with E-state index in [1.54, 1.807) is 29.2 Å². The van der Waals surface area contributed by atoms with E-state index >= 15 is 0 Å². The first-order chi connectivity index (χ1) is 16.3. The van der Waals surface area contributed by atoms with E-state index in [1.807, 2.05) is 36.4 Å². The number of hydrogen-bond donors (Lipinski definition) is 1.